The van der Waals surface area contributed by atoms with E-state index in [1.807, 2.05) is 0 Å². The fourth-order valence-corrected chi connectivity index (χ4v) is 5.03. The quantitative estimate of drug-likeness (QED) is 0.604. The zero-order valence-electron chi connectivity index (χ0n) is 10.8. The highest BCUT2D eigenvalue weighted by Crippen LogP contribution is 2.32. The van der Waals surface area contributed by atoms with Gasteiger partial charge in [0.25, 0.3) is 10.0 Å². The number of aryl methyl sites for hydroxylation is 1. The van der Waals surface area contributed by atoms with E-state index < -0.39 is 10.0 Å². The molecule has 0 heterocycles. The summed E-state index contributed by atoms with van der Waals surface area (Å²) < 4.78 is 29.6. The van der Waals surface area contributed by atoms with Crippen LogP contribution in [0.3, 0.4) is 0 Å². The molecule has 2 aromatic rings. The van der Waals surface area contributed by atoms with Crippen LogP contribution in [-0.2, 0) is 10.0 Å². The number of sulfonamides is 1. The number of benzene rings is 2. The maximum atomic E-state index is 12.5. The highest BCUT2D eigenvalue weighted by molar-refractivity contribution is 9.11. The van der Waals surface area contributed by atoms with Crippen LogP contribution in [0.5, 0.6) is 0 Å². The molecule has 0 unspecified atom stereocenters. The van der Waals surface area contributed by atoms with Gasteiger partial charge in [0.2, 0.25) is 0 Å². The van der Waals surface area contributed by atoms with E-state index in [9.17, 15) is 8.42 Å². The SMILES string of the molecule is Cc1cc(Br)cc(N)c1NS(=O)(=O)c1cc(Br)ccc1Br. The summed E-state index contributed by atoms with van der Waals surface area (Å²) >= 11 is 9.84. The molecule has 0 aliphatic heterocycles. The molecule has 0 saturated carbocycles. The summed E-state index contributed by atoms with van der Waals surface area (Å²) in [6, 6.07) is 8.39. The smallest absolute Gasteiger partial charge is 0.263 e. The highest BCUT2D eigenvalue weighted by atomic mass is 79.9. The zero-order chi connectivity index (χ0) is 15.8. The summed E-state index contributed by atoms with van der Waals surface area (Å²) in [5.74, 6) is 0. The van der Waals surface area contributed by atoms with Gasteiger partial charge in [-0.1, -0.05) is 31.9 Å². The Morgan fingerprint density at radius 1 is 1.05 bits per heavy atom. The number of nitrogens with one attached hydrogen (secondary N) is 1. The molecule has 0 fully saturated rings. The average molecular weight is 499 g/mol. The van der Waals surface area contributed by atoms with Crippen molar-refractivity contribution in [1.82, 2.24) is 0 Å². The molecule has 3 N–H and O–H groups in total. The minimum absolute atomic E-state index is 0.138. The Bertz CT molecular complexity index is 784. The van der Waals surface area contributed by atoms with E-state index in [1.165, 1.54) is 6.07 Å². The second-order valence-electron chi connectivity index (χ2n) is 4.37. The molecule has 0 radical (unpaired) electrons. The van der Waals surface area contributed by atoms with Crippen molar-refractivity contribution in [3.8, 4) is 0 Å². The summed E-state index contributed by atoms with van der Waals surface area (Å²) in [6.07, 6.45) is 0. The molecule has 4 nitrogen and oxygen atoms in total. The predicted octanol–water partition coefficient (Wildman–Crippen LogP) is 4.67. The Morgan fingerprint density at radius 3 is 2.33 bits per heavy atom. The minimum atomic E-state index is -3.75. The van der Waals surface area contributed by atoms with Crippen molar-refractivity contribution in [3.63, 3.8) is 0 Å². The Morgan fingerprint density at radius 2 is 1.71 bits per heavy atom. The average Bonchev–Trinajstić information content (AvgIpc) is 2.36. The number of hydrogen-bond donors (Lipinski definition) is 2. The van der Waals surface area contributed by atoms with Gasteiger partial charge < -0.3 is 5.73 Å². The third kappa shape index (κ3) is 3.80. The van der Waals surface area contributed by atoms with Gasteiger partial charge in [-0.15, -0.1) is 0 Å². The minimum Gasteiger partial charge on any atom is -0.397 e. The molecule has 0 bridgehead atoms. The number of nitrogens with two attached hydrogens (primary N) is 1. The molecule has 0 aromatic heterocycles. The molecule has 0 atom stereocenters. The van der Waals surface area contributed by atoms with E-state index in [0.29, 0.717) is 20.3 Å². The van der Waals surface area contributed by atoms with Crippen molar-refractivity contribution in [2.24, 2.45) is 0 Å². The van der Waals surface area contributed by atoms with Crippen LogP contribution < -0.4 is 10.5 Å². The van der Waals surface area contributed by atoms with Gasteiger partial charge in [0, 0.05) is 13.4 Å². The third-order valence-electron chi connectivity index (χ3n) is 2.75. The monoisotopic (exact) mass is 496 g/mol. The predicted molar refractivity (Wildman–Crippen MR) is 95.9 cm³/mol. The fourth-order valence-electron chi connectivity index (χ4n) is 1.78. The van der Waals surface area contributed by atoms with Crippen LogP contribution >= 0.6 is 47.8 Å². The lowest BCUT2D eigenvalue weighted by atomic mass is 10.2. The Balaban J connectivity index is 2.50. The van der Waals surface area contributed by atoms with Crippen molar-refractivity contribution in [1.29, 1.82) is 0 Å². The molecule has 112 valence electrons. The van der Waals surface area contributed by atoms with Crippen molar-refractivity contribution in [2.45, 2.75) is 11.8 Å². The number of halogens is 3. The van der Waals surface area contributed by atoms with Crippen LogP contribution in [0.1, 0.15) is 5.56 Å². The topological polar surface area (TPSA) is 72.2 Å². The molecule has 0 spiro atoms. The van der Waals surface area contributed by atoms with Crippen LogP contribution in [-0.4, -0.2) is 8.42 Å². The molecule has 0 amide bonds. The van der Waals surface area contributed by atoms with E-state index in [1.54, 1.807) is 31.2 Å². The van der Waals surface area contributed by atoms with Crippen LogP contribution in [0.25, 0.3) is 0 Å². The number of hydrogen-bond acceptors (Lipinski definition) is 3. The largest absolute Gasteiger partial charge is 0.397 e. The maximum Gasteiger partial charge on any atom is 0.263 e. The van der Waals surface area contributed by atoms with Gasteiger partial charge in [-0.05, 0) is 58.7 Å². The van der Waals surface area contributed by atoms with Crippen LogP contribution in [0.4, 0.5) is 11.4 Å². The number of anilines is 2. The summed E-state index contributed by atoms with van der Waals surface area (Å²) in [5, 5.41) is 0. The van der Waals surface area contributed by atoms with Crippen LogP contribution in [0.15, 0.2) is 48.6 Å². The Kier molecular flexibility index (Phi) is 5.02. The second kappa shape index (κ2) is 6.28. The molecule has 21 heavy (non-hydrogen) atoms. The molecule has 0 saturated heterocycles. The Hall–Kier alpha value is -0.570. The summed E-state index contributed by atoms with van der Waals surface area (Å²) in [7, 11) is -3.75. The first-order chi connectivity index (χ1) is 9.70. The van der Waals surface area contributed by atoms with E-state index in [2.05, 4.69) is 52.5 Å². The van der Waals surface area contributed by atoms with Gasteiger partial charge in [-0.25, -0.2) is 8.42 Å². The van der Waals surface area contributed by atoms with Crippen molar-refractivity contribution < 1.29 is 8.42 Å². The van der Waals surface area contributed by atoms with Crippen LogP contribution in [0, 0.1) is 6.92 Å². The normalized spacial score (nSPS) is 11.4. The second-order valence-corrected chi connectivity index (χ2v) is 8.70. The van der Waals surface area contributed by atoms with Crippen molar-refractivity contribution in [3.05, 3.63) is 49.3 Å². The standard InChI is InChI=1S/C13H11Br3N2O2S/c1-7-4-9(15)5-11(17)13(7)18-21(19,20)12-6-8(14)2-3-10(12)16/h2-6,18H,17H2,1H3. The van der Waals surface area contributed by atoms with Gasteiger partial charge in [0.05, 0.1) is 11.4 Å². The third-order valence-corrected chi connectivity index (χ3v) is 6.04. The molecule has 0 aliphatic carbocycles. The van der Waals surface area contributed by atoms with Gasteiger partial charge in [0.15, 0.2) is 0 Å². The zero-order valence-corrected chi connectivity index (χ0v) is 16.4. The fraction of sp³-hybridized carbons (Fsp3) is 0.0769. The van der Waals surface area contributed by atoms with E-state index in [0.717, 1.165) is 10.0 Å². The molecular formula is C13H11Br3N2O2S. The summed E-state index contributed by atoms with van der Waals surface area (Å²) in [4.78, 5) is 0.138. The number of nitrogen functional groups attached to an aromatic ring is 1. The first-order valence-corrected chi connectivity index (χ1v) is 9.60. The summed E-state index contributed by atoms with van der Waals surface area (Å²) in [6.45, 7) is 1.79. The molecule has 0 aliphatic rings. The van der Waals surface area contributed by atoms with Gasteiger partial charge >= 0.3 is 0 Å². The van der Waals surface area contributed by atoms with Crippen LogP contribution in [0.2, 0.25) is 0 Å². The first-order valence-electron chi connectivity index (χ1n) is 5.74. The van der Waals surface area contributed by atoms with E-state index in [4.69, 9.17) is 5.73 Å². The van der Waals surface area contributed by atoms with Gasteiger partial charge in [-0.2, -0.15) is 0 Å². The highest BCUT2D eigenvalue weighted by Gasteiger charge is 2.20. The number of rotatable bonds is 3. The van der Waals surface area contributed by atoms with Crippen molar-refractivity contribution in [2.75, 3.05) is 10.5 Å². The van der Waals surface area contributed by atoms with Gasteiger partial charge in [0.1, 0.15) is 4.90 Å². The molecular weight excluding hydrogens is 488 g/mol. The van der Waals surface area contributed by atoms with E-state index >= 15 is 0 Å². The van der Waals surface area contributed by atoms with E-state index in [-0.39, 0.29) is 4.90 Å². The first kappa shape index (κ1) is 16.8. The summed E-state index contributed by atoms with van der Waals surface area (Å²) in [5.41, 5.74) is 7.37. The molecule has 2 rings (SSSR count). The lowest BCUT2D eigenvalue weighted by Crippen LogP contribution is -2.15. The van der Waals surface area contributed by atoms with Crippen molar-refractivity contribution >= 4 is 69.2 Å². The maximum absolute atomic E-state index is 12.5. The van der Waals surface area contributed by atoms with Gasteiger partial charge in [-0.3, -0.25) is 4.72 Å². The Labute approximate surface area is 148 Å². The lowest BCUT2D eigenvalue weighted by molar-refractivity contribution is 0.600. The molecule has 8 heteroatoms. The lowest BCUT2D eigenvalue weighted by Gasteiger charge is -2.14. The molecule has 2 aromatic carbocycles.